The number of amidine groups is 1. The Balaban J connectivity index is 4.26. The molecule has 0 aromatic rings. The molecule has 0 spiro atoms. The number of nitrogens with one attached hydrogen (secondary N) is 1. The maximum absolute atomic E-state index is 11.9. The molecule has 0 aromatic carbocycles. The highest BCUT2D eigenvalue weighted by molar-refractivity contribution is 8.13. The third kappa shape index (κ3) is 6.60. The zero-order valence-electron chi connectivity index (χ0n) is 7.72. The van der Waals surface area contributed by atoms with Gasteiger partial charge in [-0.3, -0.25) is 10.3 Å². The number of aliphatic imine (C=N–C) groups is 1. The molecular formula is C7H10F3N3S. The second-order valence-corrected chi connectivity index (χ2v) is 3.34. The van der Waals surface area contributed by atoms with Crippen LogP contribution >= 0.6 is 11.8 Å². The molecule has 0 aliphatic rings. The molecule has 1 unspecified atom stereocenters. The van der Waals surface area contributed by atoms with Gasteiger partial charge >= 0.3 is 6.18 Å². The van der Waals surface area contributed by atoms with Gasteiger partial charge in [-0.25, -0.2) is 0 Å². The first-order valence-corrected chi connectivity index (χ1v) is 4.95. The number of rotatable bonds is 2. The van der Waals surface area contributed by atoms with Crippen molar-refractivity contribution in [2.24, 2.45) is 4.99 Å². The van der Waals surface area contributed by atoms with Crippen LogP contribution in [0.1, 0.15) is 13.3 Å². The van der Waals surface area contributed by atoms with E-state index in [1.807, 2.05) is 0 Å². The molecule has 0 rings (SSSR count). The van der Waals surface area contributed by atoms with E-state index in [0.29, 0.717) is 0 Å². The summed E-state index contributed by atoms with van der Waals surface area (Å²) in [6.07, 6.45) is -1.97. The van der Waals surface area contributed by atoms with Gasteiger partial charge in [-0.2, -0.15) is 18.4 Å². The number of hydrogen-bond donors (Lipinski definition) is 1. The van der Waals surface area contributed by atoms with Crippen molar-refractivity contribution in [3.63, 3.8) is 0 Å². The first-order chi connectivity index (χ1) is 6.39. The van der Waals surface area contributed by atoms with Crippen LogP contribution in [-0.4, -0.2) is 23.6 Å². The molecule has 0 radical (unpaired) electrons. The molecule has 0 amide bonds. The fourth-order valence-electron chi connectivity index (χ4n) is 0.765. The van der Waals surface area contributed by atoms with Gasteiger partial charge in [0.1, 0.15) is 0 Å². The molecule has 1 atom stereocenters. The van der Waals surface area contributed by atoms with Crippen molar-refractivity contribution in [2.45, 2.75) is 25.6 Å². The fraction of sp³-hybridized carbons (Fsp3) is 0.714. The molecule has 1 N–H and O–H groups in total. The van der Waals surface area contributed by atoms with Gasteiger partial charge in [-0.1, -0.05) is 11.8 Å². The minimum Gasteiger partial charge on any atom is -0.272 e. The highest BCUT2D eigenvalue weighted by Gasteiger charge is 2.29. The summed E-state index contributed by atoms with van der Waals surface area (Å²) in [4.78, 5) is 3.70. The van der Waals surface area contributed by atoms with Crippen LogP contribution in [0, 0.1) is 11.5 Å². The normalized spacial score (nSPS) is 14.7. The SMILES string of the molecule is CSC(=NC(C)CC(F)(F)F)NC#N. The lowest BCUT2D eigenvalue weighted by atomic mass is 10.2. The van der Waals surface area contributed by atoms with E-state index in [1.165, 1.54) is 6.92 Å². The van der Waals surface area contributed by atoms with Crippen LogP contribution in [0.3, 0.4) is 0 Å². The number of hydrogen-bond acceptors (Lipinski definition) is 3. The topological polar surface area (TPSA) is 48.2 Å². The smallest absolute Gasteiger partial charge is 0.272 e. The summed E-state index contributed by atoms with van der Waals surface area (Å²) < 4.78 is 35.7. The van der Waals surface area contributed by atoms with E-state index >= 15 is 0 Å². The van der Waals surface area contributed by atoms with E-state index in [4.69, 9.17) is 5.26 Å². The van der Waals surface area contributed by atoms with Gasteiger partial charge in [-0.15, -0.1) is 0 Å². The number of alkyl halides is 3. The first kappa shape index (κ1) is 13.1. The van der Waals surface area contributed by atoms with Gasteiger partial charge in [0, 0.05) is 0 Å². The van der Waals surface area contributed by atoms with Crippen LogP contribution in [0.5, 0.6) is 0 Å². The van der Waals surface area contributed by atoms with E-state index in [9.17, 15) is 13.2 Å². The van der Waals surface area contributed by atoms with Crippen molar-refractivity contribution < 1.29 is 13.2 Å². The van der Waals surface area contributed by atoms with Crippen LogP contribution in [0.2, 0.25) is 0 Å². The minimum atomic E-state index is -4.22. The van der Waals surface area contributed by atoms with E-state index in [2.05, 4.69) is 10.3 Å². The Morgan fingerprint density at radius 3 is 2.57 bits per heavy atom. The van der Waals surface area contributed by atoms with Crippen LogP contribution in [0.25, 0.3) is 0 Å². The number of nitriles is 1. The third-order valence-corrected chi connectivity index (χ3v) is 1.81. The standard InChI is InChI=1S/C7H10F3N3S/c1-5(3-7(8,9)10)13-6(14-2)12-4-11/h5H,3H2,1-2H3,(H,12,13). The predicted molar refractivity (Wildman–Crippen MR) is 49.8 cm³/mol. The molecule has 0 saturated carbocycles. The number of nitrogens with zero attached hydrogens (tertiary/aromatic N) is 2. The molecule has 0 aliphatic carbocycles. The van der Waals surface area contributed by atoms with Gasteiger partial charge in [0.05, 0.1) is 12.5 Å². The molecule has 3 nitrogen and oxygen atoms in total. The zero-order valence-corrected chi connectivity index (χ0v) is 8.54. The number of thioether (sulfide) groups is 1. The van der Waals surface area contributed by atoms with Crippen molar-refractivity contribution in [1.29, 1.82) is 5.26 Å². The molecule has 0 saturated heterocycles. The Morgan fingerprint density at radius 2 is 2.21 bits per heavy atom. The maximum Gasteiger partial charge on any atom is 0.391 e. The predicted octanol–water partition coefficient (Wildman–Crippen LogP) is 2.12. The van der Waals surface area contributed by atoms with Gasteiger partial charge in [0.15, 0.2) is 11.4 Å². The average Bonchev–Trinajstić information content (AvgIpc) is 2.00. The largest absolute Gasteiger partial charge is 0.391 e. The molecule has 0 aromatic heterocycles. The lowest BCUT2D eigenvalue weighted by molar-refractivity contribution is -0.137. The summed E-state index contributed by atoms with van der Waals surface area (Å²) in [7, 11) is 0. The van der Waals surface area contributed by atoms with E-state index in [1.54, 1.807) is 12.4 Å². The Morgan fingerprint density at radius 1 is 1.64 bits per heavy atom. The molecule has 0 aliphatic heterocycles. The Labute approximate surface area is 84.4 Å². The van der Waals surface area contributed by atoms with Crippen LogP contribution in [-0.2, 0) is 0 Å². The zero-order chi connectivity index (χ0) is 11.2. The summed E-state index contributed by atoms with van der Waals surface area (Å²) in [5, 5.41) is 10.6. The van der Waals surface area contributed by atoms with Gasteiger partial charge in [0.2, 0.25) is 0 Å². The molecule has 80 valence electrons. The van der Waals surface area contributed by atoms with Crippen molar-refractivity contribution in [3.05, 3.63) is 0 Å². The molecule has 0 fully saturated rings. The van der Waals surface area contributed by atoms with Gasteiger partial charge in [-0.05, 0) is 13.2 Å². The highest BCUT2D eigenvalue weighted by Crippen LogP contribution is 2.22. The lowest BCUT2D eigenvalue weighted by Crippen LogP contribution is -2.20. The molecular weight excluding hydrogens is 215 g/mol. The molecule has 14 heavy (non-hydrogen) atoms. The summed E-state index contributed by atoms with van der Waals surface area (Å²) in [5.74, 6) is 0. The molecule has 0 bridgehead atoms. The van der Waals surface area contributed by atoms with Crippen LogP contribution in [0.4, 0.5) is 13.2 Å². The summed E-state index contributed by atoms with van der Waals surface area (Å²) in [5.41, 5.74) is 0. The van der Waals surface area contributed by atoms with Crippen molar-refractivity contribution >= 4 is 16.9 Å². The Kier molecular flexibility index (Phi) is 5.38. The van der Waals surface area contributed by atoms with Gasteiger partial charge in [0.25, 0.3) is 0 Å². The van der Waals surface area contributed by atoms with E-state index in [-0.39, 0.29) is 5.17 Å². The number of halogens is 3. The van der Waals surface area contributed by atoms with Gasteiger partial charge < -0.3 is 0 Å². The lowest BCUT2D eigenvalue weighted by Gasteiger charge is -2.10. The maximum atomic E-state index is 11.9. The van der Waals surface area contributed by atoms with E-state index in [0.717, 1.165) is 11.8 Å². The van der Waals surface area contributed by atoms with Crippen LogP contribution in [0.15, 0.2) is 4.99 Å². The second-order valence-electron chi connectivity index (χ2n) is 2.54. The third-order valence-electron chi connectivity index (χ3n) is 1.22. The van der Waals surface area contributed by atoms with Crippen molar-refractivity contribution in [1.82, 2.24) is 5.32 Å². The Bertz CT molecular complexity index is 244. The molecule has 0 heterocycles. The Hall–Kier alpha value is -0.900. The van der Waals surface area contributed by atoms with E-state index < -0.39 is 18.6 Å². The quantitative estimate of drug-likeness (QED) is 0.339. The second kappa shape index (κ2) is 5.75. The minimum absolute atomic E-state index is 0.198. The molecule has 7 heteroatoms. The van der Waals surface area contributed by atoms with Crippen molar-refractivity contribution in [2.75, 3.05) is 6.26 Å². The van der Waals surface area contributed by atoms with Crippen molar-refractivity contribution in [3.8, 4) is 6.19 Å². The summed E-state index contributed by atoms with van der Waals surface area (Å²) >= 11 is 1.10. The van der Waals surface area contributed by atoms with Crippen LogP contribution < -0.4 is 5.32 Å². The first-order valence-electron chi connectivity index (χ1n) is 3.72. The summed E-state index contributed by atoms with van der Waals surface area (Å²) in [6.45, 7) is 1.35. The summed E-state index contributed by atoms with van der Waals surface area (Å²) in [6, 6.07) is -0.877. The highest BCUT2D eigenvalue weighted by atomic mass is 32.2. The average molecular weight is 225 g/mol. The monoisotopic (exact) mass is 225 g/mol. The fourth-order valence-corrected chi connectivity index (χ4v) is 1.20.